The maximum Gasteiger partial charge on any atom is 0.223 e. The zero-order valence-electron chi connectivity index (χ0n) is 6.79. The number of thioether (sulfide) groups is 1. The molecule has 0 aliphatic heterocycles. The highest BCUT2D eigenvalue weighted by molar-refractivity contribution is 8.00. The summed E-state index contributed by atoms with van der Waals surface area (Å²) in [7, 11) is 0. The highest BCUT2D eigenvalue weighted by Gasteiger charge is 2.48. The molecule has 0 radical (unpaired) electrons. The van der Waals surface area contributed by atoms with Crippen LogP contribution in [0.15, 0.2) is 0 Å². The van der Waals surface area contributed by atoms with Gasteiger partial charge in [0.2, 0.25) is 17.5 Å². The molecule has 1 fully saturated rings. The molecule has 2 atom stereocenters. The van der Waals surface area contributed by atoms with Gasteiger partial charge in [-0.15, -0.1) is 0 Å². The lowest BCUT2D eigenvalue weighted by atomic mass is 9.88. The molecule has 2 unspecified atom stereocenters. The van der Waals surface area contributed by atoms with E-state index in [9.17, 15) is 14.4 Å². The van der Waals surface area contributed by atoms with Crippen LogP contribution < -0.4 is 5.32 Å². The predicted molar refractivity (Wildman–Crippen MR) is 44.9 cm³/mol. The van der Waals surface area contributed by atoms with Gasteiger partial charge in [0.05, 0.1) is 5.25 Å². The van der Waals surface area contributed by atoms with Crippen LogP contribution in [0, 0.1) is 0 Å². The van der Waals surface area contributed by atoms with Crippen LogP contribution in [0.25, 0.3) is 0 Å². The standard InChI is InChI=1S/C7H9NO3S/c1-3(9)8-4-5(10)6(11)7(4)12-2/h4,7H,1-2H3,(H,8,9). The summed E-state index contributed by atoms with van der Waals surface area (Å²) in [6.45, 7) is 1.33. The zero-order valence-corrected chi connectivity index (χ0v) is 7.60. The van der Waals surface area contributed by atoms with Crippen LogP contribution in [-0.4, -0.2) is 35.0 Å². The van der Waals surface area contributed by atoms with Crippen LogP contribution in [0.3, 0.4) is 0 Å². The first kappa shape index (κ1) is 9.25. The summed E-state index contributed by atoms with van der Waals surface area (Å²) < 4.78 is 0. The van der Waals surface area contributed by atoms with E-state index in [0.29, 0.717) is 0 Å². The lowest BCUT2D eigenvalue weighted by molar-refractivity contribution is -0.145. The van der Waals surface area contributed by atoms with E-state index in [-0.39, 0.29) is 16.9 Å². The van der Waals surface area contributed by atoms with Gasteiger partial charge in [0.15, 0.2) is 0 Å². The first-order valence-corrected chi connectivity index (χ1v) is 4.74. The van der Waals surface area contributed by atoms with E-state index in [2.05, 4.69) is 5.32 Å². The number of ketones is 2. The van der Waals surface area contributed by atoms with E-state index in [1.807, 2.05) is 0 Å². The van der Waals surface area contributed by atoms with Gasteiger partial charge in [-0.2, -0.15) is 11.8 Å². The summed E-state index contributed by atoms with van der Waals surface area (Å²) in [6.07, 6.45) is 1.74. The second-order valence-corrected chi connectivity index (χ2v) is 3.54. The van der Waals surface area contributed by atoms with Crippen LogP contribution in [0.5, 0.6) is 0 Å². The molecule has 0 heterocycles. The number of Topliss-reactive ketones (excluding diaryl/α,β-unsaturated/α-hetero) is 2. The molecule has 1 N–H and O–H groups in total. The van der Waals surface area contributed by atoms with Gasteiger partial charge in [-0.1, -0.05) is 0 Å². The molecule has 1 aliphatic carbocycles. The summed E-state index contributed by atoms with van der Waals surface area (Å²) in [5, 5.41) is 2.06. The number of rotatable bonds is 2. The van der Waals surface area contributed by atoms with Crippen molar-refractivity contribution in [1.82, 2.24) is 5.32 Å². The van der Waals surface area contributed by atoms with Crippen LogP contribution >= 0.6 is 11.8 Å². The van der Waals surface area contributed by atoms with Gasteiger partial charge in [-0.05, 0) is 6.26 Å². The molecule has 12 heavy (non-hydrogen) atoms. The van der Waals surface area contributed by atoms with Crippen molar-refractivity contribution < 1.29 is 14.4 Å². The van der Waals surface area contributed by atoms with Gasteiger partial charge >= 0.3 is 0 Å². The first-order chi connectivity index (χ1) is 5.57. The molecule has 0 bridgehead atoms. The van der Waals surface area contributed by atoms with E-state index in [1.54, 1.807) is 6.26 Å². The van der Waals surface area contributed by atoms with Crippen molar-refractivity contribution in [1.29, 1.82) is 0 Å². The minimum absolute atomic E-state index is 0.278. The lowest BCUT2D eigenvalue weighted by Crippen LogP contribution is -2.63. The van der Waals surface area contributed by atoms with E-state index < -0.39 is 11.8 Å². The van der Waals surface area contributed by atoms with E-state index in [1.165, 1.54) is 18.7 Å². The molecule has 5 heteroatoms. The Hall–Kier alpha value is -0.840. The quantitative estimate of drug-likeness (QED) is 0.585. The molecule has 1 rings (SSSR count). The van der Waals surface area contributed by atoms with E-state index >= 15 is 0 Å². The van der Waals surface area contributed by atoms with Crippen LogP contribution in [0.4, 0.5) is 0 Å². The maximum atomic E-state index is 10.9. The largest absolute Gasteiger partial charge is 0.344 e. The van der Waals surface area contributed by atoms with Crippen molar-refractivity contribution in [3.8, 4) is 0 Å². The molecule has 66 valence electrons. The Kier molecular flexibility index (Phi) is 2.52. The molecule has 0 aromatic heterocycles. The number of carbonyl (C=O) groups excluding carboxylic acids is 3. The van der Waals surface area contributed by atoms with Gasteiger partial charge in [0.25, 0.3) is 0 Å². The van der Waals surface area contributed by atoms with Gasteiger partial charge < -0.3 is 5.32 Å². The molecule has 1 saturated carbocycles. The van der Waals surface area contributed by atoms with Crippen LogP contribution in [0.2, 0.25) is 0 Å². The van der Waals surface area contributed by atoms with Gasteiger partial charge in [0, 0.05) is 6.92 Å². The molecule has 0 spiro atoms. The fourth-order valence-electron chi connectivity index (χ4n) is 1.09. The Bertz CT molecular complexity index is 251. The maximum absolute atomic E-state index is 10.9. The molecular formula is C7H9NO3S. The van der Waals surface area contributed by atoms with E-state index in [0.717, 1.165) is 0 Å². The first-order valence-electron chi connectivity index (χ1n) is 3.46. The van der Waals surface area contributed by atoms with Crippen molar-refractivity contribution in [2.75, 3.05) is 6.26 Å². The SMILES string of the molecule is CSC1C(=O)C(=O)C1NC(C)=O. The van der Waals surface area contributed by atoms with Crippen molar-refractivity contribution in [3.05, 3.63) is 0 Å². The highest BCUT2D eigenvalue weighted by atomic mass is 32.2. The number of hydrogen-bond donors (Lipinski definition) is 1. The topological polar surface area (TPSA) is 63.2 Å². The Morgan fingerprint density at radius 1 is 1.42 bits per heavy atom. The molecular weight excluding hydrogens is 178 g/mol. The zero-order chi connectivity index (χ0) is 9.30. The molecule has 0 aromatic carbocycles. The average molecular weight is 187 g/mol. The molecule has 0 aromatic rings. The Balaban J connectivity index is 2.60. The Morgan fingerprint density at radius 2 is 2.00 bits per heavy atom. The molecule has 1 amide bonds. The molecule has 0 saturated heterocycles. The van der Waals surface area contributed by atoms with Crippen LogP contribution in [0.1, 0.15) is 6.92 Å². The Labute approximate surface area is 74.1 Å². The molecule has 4 nitrogen and oxygen atoms in total. The van der Waals surface area contributed by atoms with Crippen molar-refractivity contribution in [3.63, 3.8) is 0 Å². The third-order valence-corrected chi connectivity index (χ3v) is 2.69. The molecule has 1 aliphatic rings. The normalized spacial score (nSPS) is 28.2. The number of hydrogen-bond acceptors (Lipinski definition) is 4. The summed E-state index contributed by atoms with van der Waals surface area (Å²) in [5.41, 5.74) is 0. The average Bonchev–Trinajstić information content (AvgIpc) is 2.03. The summed E-state index contributed by atoms with van der Waals surface area (Å²) >= 11 is 1.29. The summed E-state index contributed by atoms with van der Waals surface area (Å²) in [5.74, 6) is -1.15. The summed E-state index contributed by atoms with van der Waals surface area (Å²) in [6, 6.07) is -0.593. The van der Waals surface area contributed by atoms with Crippen molar-refractivity contribution in [2.45, 2.75) is 18.2 Å². The number of amides is 1. The van der Waals surface area contributed by atoms with Gasteiger partial charge in [-0.3, -0.25) is 14.4 Å². The van der Waals surface area contributed by atoms with Gasteiger partial charge in [0.1, 0.15) is 6.04 Å². The summed E-state index contributed by atoms with van der Waals surface area (Å²) in [4.78, 5) is 32.3. The predicted octanol–water partition coefficient (Wildman–Crippen LogP) is -0.626. The lowest BCUT2D eigenvalue weighted by Gasteiger charge is -2.31. The smallest absolute Gasteiger partial charge is 0.223 e. The number of nitrogens with one attached hydrogen (secondary N) is 1. The minimum Gasteiger partial charge on any atom is -0.344 e. The fraction of sp³-hybridized carbons (Fsp3) is 0.571. The Morgan fingerprint density at radius 3 is 2.42 bits per heavy atom. The van der Waals surface area contributed by atoms with Crippen LogP contribution in [-0.2, 0) is 14.4 Å². The third kappa shape index (κ3) is 1.36. The van der Waals surface area contributed by atoms with Gasteiger partial charge in [-0.25, -0.2) is 0 Å². The highest BCUT2D eigenvalue weighted by Crippen LogP contribution is 2.23. The second kappa shape index (κ2) is 3.26. The fourth-order valence-corrected chi connectivity index (χ4v) is 1.88. The third-order valence-electron chi connectivity index (χ3n) is 1.70. The van der Waals surface area contributed by atoms with Crippen molar-refractivity contribution in [2.24, 2.45) is 0 Å². The van der Waals surface area contributed by atoms with Crippen molar-refractivity contribution >= 4 is 29.2 Å². The minimum atomic E-state index is -0.593. The van der Waals surface area contributed by atoms with E-state index in [4.69, 9.17) is 0 Å². The monoisotopic (exact) mass is 187 g/mol. The number of carbonyl (C=O) groups is 3. The second-order valence-electron chi connectivity index (χ2n) is 2.56.